The van der Waals surface area contributed by atoms with Crippen molar-refractivity contribution in [3.63, 3.8) is 0 Å². The maximum absolute atomic E-state index is 12.7. The lowest BCUT2D eigenvalue weighted by atomic mass is 9.98. The molecule has 0 spiro atoms. The predicted molar refractivity (Wildman–Crippen MR) is 101 cm³/mol. The quantitative estimate of drug-likeness (QED) is 0.708. The van der Waals surface area contributed by atoms with Crippen molar-refractivity contribution < 1.29 is 15.0 Å². The molecule has 1 aliphatic rings. The van der Waals surface area contributed by atoms with Gasteiger partial charge in [0.2, 0.25) is 5.91 Å². The van der Waals surface area contributed by atoms with Gasteiger partial charge in [0.25, 0.3) is 0 Å². The van der Waals surface area contributed by atoms with Gasteiger partial charge in [-0.3, -0.25) is 4.79 Å². The number of hydrogen-bond acceptors (Lipinski definition) is 4. The van der Waals surface area contributed by atoms with Gasteiger partial charge in [0.1, 0.15) is 0 Å². The van der Waals surface area contributed by atoms with Gasteiger partial charge in [-0.15, -0.1) is 0 Å². The van der Waals surface area contributed by atoms with E-state index in [1.165, 1.54) is 0 Å². The van der Waals surface area contributed by atoms with E-state index in [1.807, 2.05) is 48.5 Å². The largest absolute Gasteiger partial charge is 0.394 e. The van der Waals surface area contributed by atoms with Crippen LogP contribution >= 0.6 is 0 Å². The number of nitrogens with zero attached hydrogens (tertiary/aromatic N) is 2. The van der Waals surface area contributed by atoms with Crippen LogP contribution in [0.2, 0.25) is 0 Å². The van der Waals surface area contributed by atoms with E-state index in [0.717, 1.165) is 27.4 Å². The lowest BCUT2D eigenvalue weighted by Gasteiger charge is -2.23. The van der Waals surface area contributed by atoms with Crippen LogP contribution in [0.4, 0.5) is 0 Å². The third-order valence-electron chi connectivity index (χ3n) is 5.21. The van der Waals surface area contributed by atoms with Crippen LogP contribution in [0.25, 0.3) is 21.8 Å². The van der Waals surface area contributed by atoms with E-state index in [0.29, 0.717) is 25.8 Å². The molecule has 1 aliphatic heterocycles. The predicted octanol–water partition coefficient (Wildman–Crippen LogP) is 2.27. The maximum Gasteiger partial charge on any atom is 0.223 e. The number of benzene rings is 2. The maximum atomic E-state index is 12.7. The molecule has 5 nitrogen and oxygen atoms in total. The molecule has 0 saturated carbocycles. The van der Waals surface area contributed by atoms with Crippen molar-refractivity contribution in [2.45, 2.75) is 31.4 Å². The highest BCUT2D eigenvalue weighted by atomic mass is 16.3. The molecule has 4 rings (SSSR count). The summed E-state index contributed by atoms with van der Waals surface area (Å²) in [7, 11) is 0. The second kappa shape index (κ2) is 7.02. The number of para-hydroxylation sites is 2. The number of hydrogen-bond donors (Lipinski definition) is 2. The summed E-state index contributed by atoms with van der Waals surface area (Å²) in [6.45, 7) is 0.200. The molecular weight excluding hydrogens is 328 g/mol. The molecule has 1 saturated heterocycles. The second-order valence-electron chi connectivity index (χ2n) is 6.90. The smallest absolute Gasteiger partial charge is 0.223 e. The number of pyridine rings is 1. The lowest BCUT2D eigenvalue weighted by Crippen LogP contribution is -2.38. The fourth-order valence-electron chi connectivity index (χ4n) is 3.94. The van der Waals surface area contributed by atoms with Gasteiger partial charge in [-0.2, -0.15) is 0 Å². The fraction of sp³-hybridized carbons (Fsp3) is 0.333. The number of carbonyl (C=O) groups excluding carboxylic acids is 1. The van der Waals surface area contributed by atoms with E-state index in [4.69, 9.17) is 4.98 Å². The Bertz CT molecular complexity index is 902. The monoisotopic (exact) mass is 350 g/mol. The van der Waals surface area contributed by atoms with E-state index >= 15 is 0 Å². The first-order valence-electron chi connectivity index (χ1n) is 9.02. The first-order chi connectivity index (χ1) is 12.7. The number of rotatable bonds is 4. The van der Waals surface area contributed by atoms with Crippen LogP contribution in [0, 0.1) is 0 Å². The Morgan fingerprint density at radius 3 is 2.31 bits per heavy atom. The summed E-state index contributed by atoms with van der Waals surface area (Å²) in [6, 6.07) is 15.7. The van der Waals surface area contributed by atoms with E-state index in [1.54, 1.807) is 4.90 Å². The van der Waals surface area contributed by atoms with E-state index in [2.05, 4.69) is 0 Å². The van der Waals surface area contributed by atoms with Crippen LogP contribution in [0.5, 0.6) is 0 Å². The number of β-amino-alcohol motifs (C(OH)–C–C–N with tert-alkyl or cyclic N) is 1. The summed E-state index contributed by atoms with van der Waals surface area (Å²) in [5.74, 6) is -0.0226. The van der Waals surface area contributed by atoms with Gasteiger partial charge in [-0.05, 0) is 30.5 Å². The Balaban J connectivity index is 1.65. The van der Waals surface area contributed by atoms with Gasteiger partial charge in [0, 0.05) is 23.7 Å². The SMILES string of the molecule is O=C(CCc1c2ccccc2nc2ccccc12)N1C[C@H](O)C[C@H]1CO. The van der Waals surface area contributed by atoms with E-state index in [-0.39, 0.29) is 18.6 Å². The first-order valence-corrected chi connectivity index (χ1v) is 9.02. The summed E-state index contributed by atoms with van der Waals surface area (Å²) in [4.78, 5) is 19.0. The van der Waals surface area contributed by atoms with Gasteiger partial charge in [0.15, 0.2) is 0 Å². The van der Waals surface area contributed by atoms with Crippen LogP contribution < -0.4 is 0 Å². The van der Waals surface area contributed by atoms with Gasteiger partial charge < -0.3 is 15.1 Å². The summed E-state index contributed by atoms with van der Waals surface area (Å²) in [5.41, 5.74) is 2.98. The molecule has 0 bridgehead atoms. The zero-order valence-corrected chi connectivity index (χ0v) is 14.5. The van der Waals surface area contributed by atoms with Gasteiger partial charge >= 0.3 is 0 Å². The van der Waals surface area contributed by atoms with Crippen molar-refractivity contribution in [3.8, 4) is 0 Å². The number of aromatic nitrogens is 1. The normalized spacial score (nSPS) is 20.2. The Morgan fingerprint density at radius 2 is 1.69 bits per heavy atom. The van der Waals surface area contributed by atoms with Crippen molar-refractivity contribution in [2.75, 3.05) is 13.2 Å². The highest BCUT2D eigenvalue weighted by Gasteiger charge is 2.33. The number of fused-ring (bicyclic) bond motifs is 2. The number of amides is 1. The van der Waals surface area contributed by atoms with Gasteiger partial charge in [0.05, 0.1) is 29.8 Å². The van der Waals surface area contributed by atoms with E-state index in [9.17, 15) is 15.0 Å². The van der Waals surface area contributed by atoms with Crippen molar-refractivity contribution in [2.24, 2.45) is 0 Å². The molecule has 1 amide bonds. The molecule has 0 radical (unpaired) electrons. The second-order valence-corrected chi connectivity index (χ2v) is 6.90. The third kappa shape index (κ3) is 3.04. The highest BCUT2D eigenvalue weighted by molar-refractivity contribution is 5.97. The van der Waals surface area contributed by atoms with Crippen LogP contribution in [-0.2, 0) is 11.2 Å². The zero-order valence-electron chi connectivity index (χ0n) is 14.5. The minimum absolute atomic E-state index is 0.0226. The van der Waals surface area contributed by atoms with Crippen molar-refractivity contribution in [1.29, 1.82) is 0 Å². The zero-order chi connectivity index (χ0) is 18.1. The Labute approximate surface area is 151 Å². The summed E-state index contributed by atoms with van der Waals surface area (Å²) in [5, 5.41) is 21.4. The summed E-state index contributed by atoms with van der Waals surface area (Å²) < 4.78 is 0. The van der Waals surface area contributed by atoms with Crippen LogP contribution in [0.15, 0.2) is 48.5 Å². The molecule has 2 N–H and O–H groups in total. The molecule has 5 heteroatoms. The molecule has 2 aromatic carbocycles. The molecule has 2 atom stereocenters. The van der Waals surface area contributed by atoms with E-state index < -0.39 is 6.10 Å². The number of aryl methyl sites for hydroxylation is 1. The van der Waals surface area contributed by atoms with Crippen molar-refractivity contribution in [1.82, 2.24) is 9.88 Å². The Morgan fingerprint density at radius 1 is 1.08 bits per heavy atom. The summed E-state index contributed by atoms with van der Waals surface area (Å²) >= 11 is 0. The summed E-state index contributed by atoms with van der Waals surface area (Å²) in [6.07, 6.45) is 0.858. The van der Waals surface area contributed by atoms with Crippen LogP contribution in [0.1, 0.15) is 18.4 Å². The van der Waals surface area contributed by atoms with Crippen molar-refractivity contribution in [3.05, 3.63) is 54.1 Å². The average molecular weight is 350 g/mol. The topological polar surface area (TPSA) is 73.7 Å². The minimum atomic E-state index is -0.543. The molecule has 2 heterocycles. The highest BCUT2D eigenvalue weighted by Crippen LogP contribution is 2.28. The average Bonchev–Trinajstić information content (AvgIpc) is 3.06. The molecule has 3 aromatic rings. The minimum Gasteiger partial charge on any atom is -0.394 e. The Kier molecular flexibility index (Phi) is 4.57. The number of aliphatic hydroxyl groups is 2. The fourth-order valence-corrected chi connectivity index (χ4v) is 3.94. The molecule has 0 aliphatic carbocycles. The van der Waals surface area contributed by atoms with Crippen LogP contribution in [-0.4, -0.2) is 51.3 Å². The van der Waals surface area contributed by atoms with Gasteiger partial charge in [-0.1, -0.05) is 36.4 Å². The van der Waals surface area contributed by atoms with Crippen molar-refractivity contribution >= 4 is 27.7 Å². The number of aliphatic hydroxyl groups excluding tert-OH is 2. The molecule has 1 fully saturated rings. The first kappa shape index (κ1) is 16.9. The lowest BCUT2D eigenvalue weighted by molar-refractivity contribution is -0.132. The molecular formula is C21H22N2O3. The molecule has 0 unspecified atom stereocenters. The standard InChI is InChI=1S/C21H22N2O3/c24-13-14-11-15(25)12-23(14)21(26)10-9-16-17-5-1-3-7-19(17)22-20-8-4-2-6-18(16)20/h1-8,14-15,24-25H,9-13H2/t14-,15+/m0/s1. The molecule has 134 valence electrons. The third-order valence-corrected chi connectivity index (χ3v) is 5.21. The number of carbonyl (C=O) groups is 1. The molecule has 1 aromatic heterocycles. The van der Waals surface area contributed by atoms with Crippen LogP contribution in [0.3, 0.4) is 0 Å². The Hall–Kier alpha value is -2.50. The van der Waals surface area contributed by atoms with Gasteiger partial charge in [-0.25, -0.2) is 4.98 Å². The molecule has 26 heavy (non-hydrogen) atoms. The number of likely N-dealkylation sites (tertiary alicyclic amines) is 1.